The highest BCUT2D eigenvalue weighted by molar-refractivity contribution is 6.11. The van der Waals surface area contributed by atoms with Crippen LogP contribution in [-0.4, -0.2) is 33.3 Å². The summed E-state index contributed by atoms with van der Waals surface area (Å²) in [4.78, 5) is 37.2. The number of rotatable bonds is 8. The highest BCUT2D eigenvalue weighted by atomic mass is 16.6. The Morgan fingerprint density at radius 2 is 1.83 bits per heavy atom. The second-order valence-electron chi connectivity index (χ2n) is 8.53. The van der Waals surface area contributed by atoms with Crippen molar-refractivity contribution in [2.75, 3.05) is 0 Å². The zero-order valence-corrected chi connectivity index (χ0v) is 18.2. The zero-order valence-electron chi connectivity index (χ0n) is 18.2. The van der Waals surface area contributed by atoms with Crippen molar-refractivity contribution in [3.8, 4) is 11.5 Å². The number of hydrogen-bond acceptors (Lipinski definition) is 6. The lowest BCUT2D eigenvalue weighted by Gasteiger charge is -2.28. The third-order valence-corrected chi connectivity index (χ3v) is 5.64. The number of cyclic esters (lactones) is 1. The van der Waals surface area contributed by atoms with Gasteiger partial charge in [0.1, 0.15) is 23.0 Å². The van der Waals surface area contributed by atoms with Crippen LogP contribution in [0.25, 0.3) is 0 Å². The molecular formula is C24H30O6. The smallest absolute Gasteiger partial charge is 0.317 e. The summed E-state index contributed by atoms with van der Waals surface area (Å²) in [6.45, 7) is 9.24. The molecule has 1 aromatic rings. The number of esters is 1. The van der Waals surface area contributed by atoms with Crippen LogP contribution >= 0.6 is 0 Å². The van der Waals surface area contributed by atoms with Crippen LogP contribution in [0.4, 0.5) is 0 Å². The number of Topliss-reactive ketones (excluding diaryl/α,β-unsaturated/α-hetero) is 1. The highest BCUT2D eigenvalue weighted by Gasteiger charge is 2.53. The Bertz CT molecular complexity index is 906. The van der Waals surface area contributed by atoms with Crippen molar-refractivity contribution in [1.82, 2.24) is 0 Å². The maximum Gasteiger partial charge on any atom is 0.317 e. The van der Waals surface area contributed by atoms with Crippen molar-refractivity contribution >= 4 is 17.5 Å². The summed E-state index contributed by atoms with van der Waals surface area (Å²) in [6.07, 6.45) is 5.12. The van der Waals surface area contributed by atoms with Crippen molar-refractivity contribution in [2.24, 2.45) is 11.8 Å². The molecule has 3 unspecified atom stereocenters. The van der Waals surface area contributed by atoms with Gasteiger partial charge in [-0.3, -0.25) is 14.4 Å². The van der Waals surface area contributed by atoms with Gasteiger partial charge < -0.3 is 14.9 Å². The van der Waals surface area contributed by atoms with E-state index in [0.29, 0.717) is 19.3 Å². The predicted octanol–water partition coefficient (Wildman–Crippen LogP) is 4.50. The van der Waals surface area contributed by atoms with Crippen molar-refractivity contribution in [2.45, 2.75) is 59.5 Å². The Kier molecular flexibility index (Phi) is 7.24. The monoisotopic (exact) mass is 414 g/mol. The molecular weight excluding hydrogens is 384 g/mol. The molecule has 0 spiro atoms. The van der Waals surface area contributed by atoms with E-state index in [1.165, 1.54) is 12.1 Å². The lowest BCUT2D eigenvalue weighted by Crippen LogP contribution is -2.33. The van der Waals surface area contributed by atoms with E-state index in [4.69, 9.17) is 4.74 Å². The van der Waals surface area contributed by atoms with E-state index in [1.54, 1.807) is 19.1 Å². The van der Waals surface area contributed by atoms with Crippen LogP contribution in [0.1, 0.15) is 64.2 Å². The Morgan fingerprint density at radius 3 is 2.43 bits per heavy atom. The van der Waals surface area contributed by atoms with E-state index in [2.05, 4.69) is 0 Å². The van der Waals surface area contributed by atoms with Gasteiger partial charge in [0.2, 0.25) is 0 Å². The van der Waals surface area contributed by atoms with Gasteiger partial charge in [0.25, 0.3) is 0 Å². The molecule has 3 atom stereocenters. The second-order valence-corrected chi connectivity index (χ2v) is 8.53. The average molecular weight is 414 g/mol. The lowest BCUT2D eigenvalue weighted by molar-refractivity contribution is -0.149. The Morgan fingerprint density at radius 1 is 1.17 bits per heavy atom. The van der Waals surface area contributed by atoms with E-state index in [0.717, 1.165) is 17.2 Å². The van der Waals surface area contributed by atoms with Gasteiger partial charge in [-0.15, -0.1) is 0 Å². The molecule has 1 fully saturated rings. The molecule has 0 saturated carbocycles. The van der Waals surface area contributed by atoms with Gasteiger partial charge in [0, 0.05) is 12.0 Å². The Hall–Kier alpha value is -2.89. The van der Waals surface area contributed by atoms with Gasteiger partial charge >= 0.3 is 5.97 Å². The van der Waals surface area contributed by atoms with Gasteiger partial charge in [0.15, 0.2) is 11.6 Å². The second kappa shape index (κ2) is 9.28. The third-order valence-electron chi connectivity index (χ3n) is 5.64. The van der Waals surface area contributed by atoms with Crippen LogP contribution in [0.2, 0.25) is 0 Å². The first-order valence-corrected chi connectivity index (χ1v) is 10.1. The maximum atomic E-state index is 12.9. The number of ether oxygens (including phenoxy) is 1. The van der Waals surface area contributed by atoms with Crippen LogP contribution in [-0.2, 0) is 14.3 Å². The van der Waals surface area contributed by atoms with E-state index >= 15 is 0 Å². The molecule has 0 amide bonds. The molecule has 0 aliphatic carbocycles. The van der Waals surface area contributed by atoms with Crippen LogP contribution in [0, 0.1) is 11.8 Å². The molecule has 1 aliphatic rings. The van der Waals surface area contributed by atoms with Crippen molar-refractivity contribution in [1.29, 1.82) is 0 Å². The van der Waals surface area contributed by atoms with Gasteiger partial charge in [-0.05, 0) is 71.2 Å². The highest BCUT2D eigenvalue weighted by Crippen LogP contribution is 2.43. The van der Waals surface area contributed by atoms with Crippen LogP contribution in [0.3, 0.4) is 0 Å². The average Bonchev–Trinajstić information content (AvgIpc) is 2.82. The molecule has 0 aromatic heterocycles. The molecule has 30 heavy (non-hydrogen) atoms. The molecule has 1 aliphatic heterocycles. The van der Waals surface area contributed by atoms with E-state index in [1.807, 2.05) is 27.7 Å². The topological polar surface area (TPSA) is 101 Å². The number of ketones is 2. The Labute approximate surface area is 177 Å². The standard InChI is InChI=1S/C24H30O6/c1-14(2)11-18(26)12-15(3)7-6-10-24(5)16(4)21(23(29)30-24)22(28)19-9-8-17(25)13-20(19)27/h8-9,11-13,16,21,25,27H,6-7,10H2,1-5H3. The molecule has 2 N–H and O–H groups in total. The zero-order chi connectivity index (χ0) is 22.6. The summed E-state index contributed by atoms with van der Waals surface area (Å²) in [7, 11) is 0. The van der Waals surface area contributed by atoms with Crippen LogP contribution in [0.5, 0.6) is 11.5 Å². The minimum Gasteiger partial charge on any atom is -0.508 e. The number of phenolic OH excluding ortho intramolecular Hbond substituents is 2. The number of hydrogen-bond donors (Lipinski definition) is 2. The first-order valence-electron chi connectivity index (χ1n) is 10.1. The molecule has 2 rings (SSSR count). The number of benzene rings is 1. The summed E-state index contributed by atoms with van der Waals surface area (Å²) >= 11 is 0. The van der Waals surface area contributed by atoms with E-state index in [-0.39, 0.29) is 28.8 Å². The van der Waals surface area contributed by atoms with Crippen molar-refractivity contribution in [3.63, 3.8) is 0 Å². The lowest BCUT2D eigenvalue weighted by atomic mass is 9.77. The molecule has 162 valence electrons. The number of carbonyl (C=O) groups excluding carboxylic acids is 3. The molecule has 1 saturated heterocycles. The van der Waals surface area contributed by atoms with E-state index < -0.39 is 23.3 Å². The largest absolute Gasteiger partial charge is 0.508 e. The summed E-state index contributed by atoms with van der Waals surface area (Å²) in [5.41, 5.74) is 1.06. The number of aromatic hydroxyl groups is 2. The molecule has 6 nitrogen and oxygen atoms in total. The molecule has 0 radical (unpaired) electrons. The minimum absolute atomic E-state index is 0.0117. The van der Waals surface area contributed by atoms with Gasteiger partial charge in [0.05, 0.1) is 5.56 Å². The fourth-order valence-electron chi connectivity index (χ4n) is 3.81. The Balaban J connectivity index is 2.06. The fraction of sp³-hybridized carbons (Fsp3) is 0.458. The summed E-state index contributed by atoms with van der Waals surface area (Å²) in [5, 5.41) is 19.4. The normalized spacial score (nSPS) is 23.8. The molecule has 1 aromatic carbocycles. The van der Waals surface area contributed by atoms with Crippen LogP contribution in [0.15, 0.2) is 41.5 Å². The predicted molar refractivity (Wildman–Crippen MR) is 113 cm³/mol. The first-order chi connectivity index (χ1) is 13.9. The first kappa shape index (κ1) is 23.4. The van der Waals surface area contributed by atoms with Gasteiger partial charge in [-0.1, -0.05) is 18.1 Å². The third kappa shape index (κ3) is 5.38. The summed E-state index contributed by atoms with van der Waals surface area (Å²) < 4.78 is 5.61. The quantitative estimate of drug-likeness (QED) is 0.281. The summed E-state index contributed by atoms with van der Waals surface area (Å²) in [6, 6.07) is 3.67. The molecule has 6 heteroatoms. The van der Waals surface area contributed by atoms with Crippen LogP contribution < -0.4 is 0 Å². The fourth-order valence-corrected chi connectivity index (χ4v) is 3.81. The molecule has 1 heterocycles. The van der Waals surface area contributed by atoms with Gasteiger partial charge in [-0.25, -0.2) is 0 Å². The summed E-state index contributed by atoms with van der Waals surface area (Å²) in [5.74, 6) is -3.09. The maximum absolute atomic E-state index is 12.9. The SMILES string of the molecule is CC(C)=CC(=O)C=C(C)CCCC1(C)OC(=O)C(C(=O)c2ccc(O)cc2O)C1C. The van der Waals surface area contributed by atoms with Crippen molar-refractivity contribution < 1.29 is 29.3 Å². The number of carbonyl (C=O) groups is 3. The number of allylic oxidation sites excluding steroid dienone is 4. The van der Waals surface area contributed by atoms with Crippen molar-refractivity contribution in [3.05, 3.63) is 47.1 Å². The minimum atomic E-state index is -1.01. The van der Waals surface area contributed by atoms with E-state index in [9.17, 15) is 24.6 Å². The number of phenols is 2. The van der Waals surface area contributed by atoms with Gasteiger partial charge in [-0.2, -0.15) is 0 Å². The molecule has 0 bridgehead atoms.